The molecule has 1 amide bonds. The number of nitrogens with one attached hydrogen (secondary N) is 1. The van der Waals surface area contributed by atoms with Crippen molar-refractivity contribution in [2.75, 3.05) is 25.1 Å². The van der Waals surface area contributed by atoms with E-state index in [4.69, 9.17) is 4.74 Å². The number of benzene rings is 2. The Morgan fingerprint density at radius 3 is 2.60 bits per heavy atom. The second-order valence-electron chi connectivity index (χ2n) is 7.44. The van der Waals surface area contributed by atoms with Gasteiger partial charge in [0.05, 0.1) is 7.11 Å². The number of carbonyl (C=O) groups excluding carboxylic acids is 1. The van der Waals surface area contributed by atoms with E-state index in [0.29, 0.717) is 37.9 Å². The first-order chi connectivity index (χ1) is 14.5. The number of piperidine rings is 1. The zero-order valence-electron chi connectivity index (χ0n) is 16.7. The molecule has 5 nitrogen and oxygen atoms in total. The first-order valence-corrected chi connectivity index (χ1v) is 9.94. The average Bonchev–Trinajstić information content (AvgIpc) is 2.77. The highest BCUT2D eigenvalue weighted by Gasteiger charge is 2.26. The number of ether oxygens (including phenoxy) is 1. The molecule has 1 aliphatic rings. The van der Waals surface area contributed by atoms with E-state index >= 15 is 0 Å². The Hall–Kier alpha value is -3.22. The molecule has 30 heavy (non-hydrogen) atoms. The summed E-state index contributed by atoms with van der Waals surface area (Å²) >= 11 is 0. The molecule has 1 saturated heterocycles. The molecule has 0 aliphatic carbocycles. The van der Waals surface area contributed by atoms with Crippen molar-refractivity contribution in [2.45, 2.75) is 19.4 Å². The van der Waals surface area contributed by atoms with E-state index in [1.165, 1.54) is 12.3 Å². The van der Waals surface area contributed by atoms with Gasteiger partial charge in [0.25, 0.3) is 0 Å². The van der Waals surface area contributed by atoms with Gasteiger partial charge in [0.15, 0.2) is 5.82 Å². The quantitative estimate of drug-likeness (QED) is 0.688. The standard InChI is InChI=1S/C23H23F2N3O2/c1-30-18-4-2-15(3-5-18)14-27-23(29)16-7-10-28(11-8-16)21-6-9-26-22-19(21)12-17(24)13-20(22)25/h2-6,9,12-13,16H,7-8,10-11,14H2,1H3,(H,27,29). The molecule has 1 fully saturated rings. The van der Waals surface area contributed by atoms with Crippen molar-refractivity contribution in [2.24, 2.45) is 5.92 Å². The lowest BCUT2D eigenvalue weighted by atomic mass is 9.95. The van der Waals surface area contributed by atoms with E-state index in [9.17, 15) is 13.6 Å². The normalized spacial score (nSPS) is 14.7. The fourth-order valence-electron chi connectivity index (χ4n) is 3.90. The summed E-state index contributed by atoms with van der Waals surface area (Å²) in [6.45, 7) is 1.74. The SMILES string of the molecule is COc1ccc(CNC(=O)C2CCN(c3ccnc4c(F)cc(F)cc34)CC2)cc1. The lowest BCUT2D eigenvalue weighted by Crippen LogP contribution is -2.40. The Bertz CT molecular complexity index is 1050. The van der Waals surface area contributed by atoms with Gasteiger partial charge in [-0.15, -0.1) is 0 Å². The van der Waals surface area contributed by atoms with Crippen molar-refractivity contribution in [1.82, 2.24) is 10.3 Å². The number of carbonyl (C=O) groups is 1. The Morgan fingerprint density at radius 2 is 1.90 bits per heavy atom. The summed E-state index contributed by atoms with van der Waals surface area (Å²) in [5.41, 5.74) is 1.91. The third kappa shape index (κ3) is 4.20. The zero-order valence-corrected chi connectivity index (χ0v) is 16.7. The number of anilines is 1. The summed E-state index contributed by atoms with van der Waals surface area (Å²) in [7, 11) is 1.62. The molecular weight excluding hydrogens is 388 g/mol. The van der Waals surface area contributed by atoms with E-state index in [-0.39, 0.29) is 17.3 Å². The second-order valence-corrected chi connectivity index (χ2v) is 7.44. The summed E-state index contributed by atoms with van der Waals surface area (Å²) < 4.78 is 32.9. The minimum Gasteiger partial charge on any atom is -0.497 e. The third-order valence-corrected chi connectivity index (χ3v) is 5.57. The van der Waals surface area contributed by atoms with Crippen LogP contribution < -0.4 is 15.0 Å². The minimum atomic E-state index is -0.667. The maximum Gasteiger partial charge on any atom is 0.223 e. The highest BCUT2D eigenvalue weighted by molar-refractivity contribution is 5.92. The van der Waals surface area contributed by atoms with Gasteiger partial charge in [-0.3, -0.25) is 9.78 Å². The number of hydrogen-bond acceptors (Lipinski definition) is 4. The summed E-state index contributed by atoms with van der Waals surface area (Å²) in [5, 5.41) is 3.45. The molecule has 0 spiro atoms. The van der Waals surface area contributed by atoms with Crippen molar-refractivity contribution >= 4 is 22.5 Å². The summed E-state index contributed by atoms with van der Waals surface area (Å²) in [6, 6.07) is 11.5. The molecule has 0 unspecified atom stereocenters. The molecule has 1 aliphatic heterocycles. The number of nitrogens with zero attached hydrogens (tertiary/aromatic N) is 2. The monoisotopic (exact) mass is 411 g/mol. The van der Waals surface area contributed by atoms with E-state index in [1.807, 2.05) is 24.3 Å². The number of hydrogen-bond donors (Lipinski definition) is 1. The van der Waals surface area contributed by atoms with Gasteiger partial charge >= 0.3 is 0 Å². The summed E-state index contributed by atoms with van der Waals surface area (Å²) in [6.07, 6.45) is 2.89. The maximum absolute atomic E-state index is 14.0. The Morgan fingerprint density at radius 1 is 1.17 bits per heavy atom. The van der Waals surface area contributed by atoms with Crippen molar-refractivity contribution < 1.29 is 18.3 Å². The summed E-state index contributed by atoms with van der Waals surface area (Å²) in [5.74, 6) is -0.564. The molecule has 0 saturated carbocycles. The fourth-order valence-corrected chi connectivity index (χ4v) is 3.90. The molecule has 1 N–H and O–H groups in total. The third-order valence-electron chi connectivity index (χ3n) is 5.57. The molecule has 0 radical (unpaired) electrons. The van der Waals surface area contributed by atoms with Gasteiger partial charge in [-0.1, -0.05) is 12.1 Å². The summed E-state index contributed by atoms with van der Waals surface area (Å²) in [4.78, 5) is 18.7. The van der Waals surface area contributed by atoms with Gasteiger partial charge in [-0.25, -0.2) is 8.78 Å². The van der Waals surface area contributed by atoms with E-state index in [0.717, 1.165) is 23.1 Å². The number of amides is 1. The molecule has 2 heterocycles. The van der Waals surface area contributed by atoms with Gasteiger partial charge < -0.3 is 15.0 Å². The first kappa shape index (κ1) is 20.1. The molecular formula is C23H23F2N3O2. The molecule has 7 heteroatoms. The number of pyridine rings is 1. The molecule has 0 bridgehead atoms. The molecule has 1 aromatic heterocycles. The minimum absolute atomic E-state index is 0.0298. The smallest absolute Gasteiger partial charge is 0.223 e. The predicted molar refractivity (Wildman–Crippen MR) is 111 cm³/mol. The Kier molecular flexibility index (Phi) is 5.79. The second kappa shape index (κ2) is 8.65. The molecule has 156 valence electrons. The van der Waals surface area contributed by atoms with Crippen LogP contribution in [-0.2, 0) is 11.3 Å². The fraction of sp³-hybridized carbons (Fsp3) is 0.304. The van der Waals surface area contributed by atoms with Gasteiger partial charge in [0.1, 0.15) is 17.1 Å². The van der Waals surface area contributed by atoms with Crippen LogP contribution in [0.1, 0.15) is 18.4 Å². The predicted octanol–water partition coefficient (Wildman–Crippen LogP) is 4.05. The zero-order chi connectivity index (χ0) is 21.1. The number of fused-ring (bicyclic) bond motifs is 1. The van der Waals surface area contributed by atoms with Crippen LogP contribution in [0.4, 0.5) is 14.5 Å². The van der Waals surface area contributed by atoms with Crippen LogP contribution in [0, 0.1) is 17.6 Å². The highest BCUT2D eigenvalue weighted by Crippen LogP contribution is 2.31. The number of methoxy groups -OCH3 is 1. The van der Waals surface area contributed by atoms with Crippen LogP contribution in [0.5, 0.6) is 5.75 Å². The molecule has 0 atom stereocenters. The van der Waals surface area contributed by atoms with Crippen LogP contribution in [0.15, 0.2) is 48.7 Å². The Labute approximate surface area is 173 Å². The van der Waals surface area contributed by atoms with Crippen LogP contribution in [-0.4, -0.2) is 31.1 Å². The van der Waals surface area contributed by atoms with E-state index in [2.05, 4.69) is 15.2 Å². The van der Waals surface area contributed by atoms with E-state index in [1.54, 1.807) is 13.2 Å². The van der Waals surface area contributed by atoms with Gasteiger partial charge in [-0.05, 0) is 42.7 Å². The lowest BCUT2D eigenvalue weighted by molar-refractivity contribution is -0.125. The number of aromatic nitrogens is 1. The molecule has 3 aromatic rings. The van der Waals surface area contributed by atoms with Crippen LogP contribution in [0.25, 0.3) is 10.9 Å². The van der Waals surface area contributed by atoms with Crippen LogP contribution in [0.2, 0.25) is 0 Å². The van der Waals surface area contributed by atoms with Crippen molar-refractivity contribution in [3.8, 4) is 5.75 Å². The Balaban J connectivity index is 1.38. The highest BCUT2D eigenvalue weighted by atomic mass is 19.1. The maximum atomic E-state index is 14.0. The van der Waals surface area contributed by atoms with Crippen molar-refractivity contribution in [1.29, 1.82) is 0 Å². The first-order valence-electron chi connectivity index (χ1n) is 9.94. The number of halogens is 2. The molecule has 4 rings (SSSR count). The van der Waals surface area contributed by atoms with Crippen molar-refractivity contribution in [3.05, 3.63) is 65.9 Å². The van der Waals surface area contributed by atoms with Gasteiger partial charge in [0, 0.05) is 48.9 Å². The topological polar surface area (TPSA) is 54.5 Å². The van der Waals surface area contributed by atoms with Crippen molar-refractivity contribution in [3.63, 3.8) is 0 Å². The van der Waals surface area contributed by atoms with Gasteiger partial charge in [-0.2, -0.15) is 0 Å². The van der Waals surface area contributed by atoms with Crippen LogP contribution >= 0.6 is 0 Å². The lowest BCUT2D eigenvalue weighted by Gasteiger charge is -2.33. The average molecular weight is 411 g/mol. The number of rotatable bonds is 5. The largest absolute Gasteiger partial charge is 0.497 e. The molecule has 2 aromatic carbocycles. The van der Waals surface area contributed by atoms with Crippen LogP contribution in [0.3, 0.4) is 0 Å². The van der Waals surface area contributed by atoms with E-state index < -0.39 is 11.6 Å². The van der Waals surface area contributed by atoms with Gasteiger partial charge in [0.2, 0.25) is 5.91 Å².